The molecule has 0 aliphatic carbocycles. The Kier molecular flexibility index (Phi) is 4.76. The number of fused-ring (bicyclic) bond motifs is 1. The molecule has 0 radical (unpaired) electrons. The number of nitrogens with zero attached hydrogens (tertiary/aromatic N) is 1. The molecule has 0 saturated heterocycles. The van der Waals surface area contributed by atoms with Crippen LogP contribution in [0.15, 0.2) is 36.7 Å². The Labute approximate surface area is 135 Å². The molecule has 2 aromatic rings. The zero-order valence-corrected chi connectivity index (χ0v) is 13.2. The summed E-state index contributed by atoms with van der Waals surface area (Å²) in [7, 11) is 0. The van der Waals surface area contributed by atoms with Crippen molar-refractivity contribution in [1.29, 1.82) is 0 Å². The van der Waals surface area contributed by atoms with Crippen molar-refractivity contribution in [2.24, 2.45) is 0 Å². The summed E-state index contributed by atoms with van der Waals surface area (Å²) in [6, 6.07) is 7.61. The van der Waals surface area contributed by atoms with Crippen molar-refractivity contribution in [2.75, 3.05) is 19.8 Å². The molecule has 1 N–H and O–H groups in total. The molecule has 1 aliphatic rings. The van der Waals surface area contributed by atoms with Gasteiger partial charge in [0.25, 0.3) is 5.91 Å². The minimum Gasteiger partial charge on any atom is -0.486 e. The molecule has 1 aromatic carbocycles. The number of benzene rings is 1. The third-order valence-corrected chi connectivity index (χ3v) is 3.81. The second-order valence-electron chi connectivity index (χ2n) is 5.53. The SMILES string of the molecule is Cc1cc2c(cc1C(=O)NCCCc1ccncc1)OCCO2. The number of ether oxygens (including phenoxy) is 2. The van der Waals surface area contributed by atoms with Gasteiger partial charge in [0.2, 0.25) is 0 Å². The molecule has 23 heavy (non-hydrogen) atoms. The normalized spacial score (nSPS) is 12.7. The van der Waals surface area contributed by atoms with Gasteiger partial charge in [-0.3, -0.25) is 9.78 Å². The predicted octanol–water partition coefficient (Wildman–Crippen LogP) is 2.52. The second-order valence-corrected chi connectivity index (χ2v) is 5.53. The van der Waals surface area contributed by atoms with Gasteiger partial charge in [0.15, 0.2) is 11.5 Å². The first-order chi connectivity index (χ1) is 11.2. The van der Waals surface area contributed by atoms with Crippen LogP contribution in [0, 0.1) is 6.92 Å². The smallest absolute Gasteiger partial charge is 0.251 e. The standard InChI is InChI=1S/C18H20N2O3/c1-13-11-16-17(23-10-9-22-16)12-15(13)18(21)20-6-2-3-14-4-7-19-8-5-14/h4-5,7-8,11-12H,2-3,6,9-10H2,1H3,(H,20,21). The number of aryl methyl sites for hydroxylation is 2. The van der Waals surface area contributed by atoms with Gasteiger partial charge in [0.1, 0.15) is 13.2 Å². The fourth-order valence-corrected chi connectivity index (χ4v) is 2.57. The van der Waals surface area contributed by atoms with Crippen LogP contribution >= 0.6 is 0 Å². The van der Waals surface area contributed by atoms with Gasteiger partial charge in [-0.1, -0.05) is 0 Å². The van der Waals surface area contributed by atoms with Crippen LogP contribution < -0.4 is 14.8 Å². The van der Waals surface area contributed by atoms with Crippen molar-refractivity contribution in [2.45, 2.75) is 19.8 Å². The molecule has 1 aromatic heterocycles. The third kappa shape index (κ3) is 3.80. The molecule has 1 amide bonds. The number of carbonyl (C=O) groups excluding carboxylic acids is 1. The Hall–Kier alpha value is -2.56. The number of hydrogen-bond acceptors (Lipinski definition) is 4. The Bertz CT molecular complexity index is 686. The number of aromatic nitrogens is 1. The highest BCUT2D eigenvalue weighted by atomic mass is 16.6. The summed E-state index contributed by atoms with van der Waals surface area (Å²) in [5, 5.41) is 2.97. The van der Waals surface area contributed by atoms with Crippen molar-refractivity contribution >= 4 is 5.91 Å². The Morgan fingerprint density at radius 2 is 1.87 bits per heavy atom. The van der Waals surface area contributed by atoms with E-state index in [-0.39, 0.29) is 5.91 Å². The highest BCUT2D eigenvalue weighted by molar-refractivity contribution is 5.96. The summed E-state index contributed by atoms with van der Waals surface area (Å²) in [5.74, 6) is 1.28. The summed E-state index contributed by atoms with van der Waals surface area (Å²) in [5.41, 5.74) is 2.75. The fourth-order valence-electron chi connectivity index (χ4n) is 2.57. The summed E-state index contributed by atoms with van der Waals surface area (Å²) in [4.78, 5) is 16.3. The largest absolute Gasteiger partial charge is 0.486 e. The van der Waals surface area contributed by atoms with E-state index in [4.69, 9.17) is 9.47 Å². The van der Waals surface area contributed by atoms with Gasteiger partial charge in [-0.2, -0.15) is 0 Å². The number of nitrogens with one attached hydrogen (secondary N) is 1. The molecule has 0 spiro atoms. The van der Waals surface area contributed by atoms with Gasteiger partial charge in [-0.25, -0.2) is 0 Å². The minimum absolute atomic E-state index is 0.0748. The van der Waals surface area contributed by atoms with Crippen LogP contribution in [0.3, 0.4) is 0 Å². The molecular weight excluding hydrogens is 292 g/mol. The average molecular weight is 312 g/mol. The Morgan fingerprint density at radius 3 is 2.61 bits per heavy atom. The molecule has 2 heterocycles. The minimum atomic E-state index is -0.0748. The van der Waals surface area contributed by atoms with Gasteiger partial charge in [0, 0.05) is 24.5 Å². The average Bonchev–Trinajstić information content (AvgIpc) is 2.59. The van der Waals surface area contributed by atoms with E-state index < -0.39 is 0 Å². The van der Waals surface area contributed by atoms with Crippen molar-refractivity contribution in [3.8, 4) is 11.5 Å². The fraction of sp³-hybridized carbons (Fsp3) is 0.333. The molecule has 5 nitrogen and oxygen atoms in total. The maximum Gasteiger partial charge on any atom is 0.251 e. The number of hydrogen-bond donors (Lipinski definition) is 1. The molecule has 0 saturated carbocycles. The van der Waals surface area contributed by atoms with Crippen molar-refractivity contribution in [3.63, 3.8) is 0 Å². The predicted molar refractivity (Wildman–Crippen MR) is 87.1 cm³/mol. The van der Waals surface area contributed by atoms with E-state index in [1.54, 1.807) is 18.5 Å². The first kappa shape index (κ1) is 15.3. The lowest BCUT2D eigenvalue weighted by Crippen LogP contribution is -2.26. The maximum atomic E-state index is 12.3. The Balaban J connectivity index is 1.56. The van der Waals surface area contributed by atoms with Crippen LogP contribution in [0.4, 0.5) is 0 Å². The van der Waals surface area contributed by atoms with Crippen LogP contribution in [0.25, 0.3) is 0 Å². The number of rotatable bonds is 5. The summed E-state index contributed by atoms with van der Waals surface area (Å²) in [6.07, 6.45) is 5.38. The zero-order chi connectivity index (χ0) is 16.1. The number of pyridine rings is 1. The van der Waals surface area contributed by atoms with Crippen LogP contribution in [-0.4, -0.2) is 30.6 Å². The van der Waals surface area contributed by atoms with Gasteiger partial charge in [-0.15, -0.1) is 0 Å². The molecule has 0 fully saturated rings. The maximum absolute atomic E-state index is 12.3. The molecule has 0 unspecified atom stereocenters. The van der Waals surface area contributed by atoms with E-state index in [0.717, 1.165) is 18.4 Å². The summed E-state index contributed by atoms with van der Waals surface area (Å²) < 4.78 is 11.1. The lowest BCUT2D eigenvalue weighted by molar-refractivity contribution is 0.0951. The highest BCUT2D eigenvalue weighted by Crippen LogP contribution is 2.32. The monoisotopic (exact) mass is 312 g/mol. The second kappa shape index (κ2) is 7.13. The molecule has 0 atom stereocenters. The van der Waals surface area contributed by atoms with Crippen LogP contribution in [0.5, 0.6) is 11.5 Å². The summed E-state index contributed by atoms with van der Waals surface area (Å²) in [6.45, 7) is 3.61. The van der Waals surface area contributed by atoms with E-state index in [9.17, 15) is 4.79 Å². The van der Waals surface area contributed by atoms with Crippen LogP contribution in [-0.2, 0) is 6.42 Å². The van der Waals surface area contributed by atoms with Crippen LogP contribution in [0.1, 0.15) is 27.9 Å². The molecular formula is C18H20N2O3. The van der Waals surface area contributed by atoms with E-state index in [1.807, 2.05) is 25.1 Å². The summed E-state index contributed by atoms with van der Waals surface area (Å²) >= 11 is 0. The number of amides is 1. The quantitative estimate of drug-likeness (QED) is 0.862. The van der Waals surface area contributed by atoms with Crippen LogP contribution in [0.2, 0.25) is 0 Å². The van der Waals surface area contributed by atoms with Crippen molar-refractivity contribution < 1.29 is 14.3 Å². The van der Waals surface area contributed by atoms with E-state index in [2.05, 4.69) is 10.3 Å². The molecule has 3 rings (SSSR count). The zero-order valence-electron chi connectivity index (χ0n) is 13.2. The van der Waals surface area contributed by atoms with Gasteiger partial charge in [-0.05, 0) is 55.2 Å². The first-order valence-corrected chi connectivity index (χ1v) is 7.81. The topological polar surface area (TPSA) is 60.5 Å². The van der Waals surface area contributed by atoms with E-state index in [0.29, 0.717) is 36.8 Å². The lowest BCUT2D eigenvalue weighted by Gasteiger charge is -2.20. The first-order valence-electron chi connectivity index (χ1n) is 7.81. The Morgan fingerprint density at radius 1 is 1.17 bits per heavy atom. The van der Waals surface area contributed by atoms with Crippen molar-refractivity contribution in [3.05, 3.63) is 53.3 Å². The van der Waals surface area contributed by atoms with Gasteiger partial charge in [0.05, 0.1) is 0 Å². The molecule has 0 bridgehead atoms. The number of carbonyl (C=O) groups is 1. The molecule has 120 valence electrons. The third-order valence-electron chi connectivity index (χ3n) is 3.81. The lowest BCUT2D eigenvalue weighted by atomic mass is 10.1. The molecule has 5 heteroatoms. The van der Waals surface area contributed by atoms with E-state index in [1.165, 1.54) is 5.56 Å². The van der Waals surface area contributed by atoms with Gasteiger partial charge < -0.3 is 14.8 Å². The molecule has 1 aliphatic heterocycles. The van der Waals surface area contributed by atoms with Gasteiger partial charge >= 0.3 is 0 Å². The van der Waals surface area contributed by atoms with E-state index >= 15 is 0 Å². The van der Waals surface area contributed by atoms with Crippen molar-refractivity contribution in [1.82, 2.24) is 10.3 Å². The highest BCUT2D eigenvalue weighted by Gasteiger charge is 2.17.